The van der Waals surface area contributed by atoms with Crippen LogP contribution in [0.1, 0.15) is 22.8 Å². The van der Waals surface area contributed by atoms with Crippen molar-refractivity contribution in [1.29, 1.82) is 0 Å². The number of Topliss-reactive ketones (excluding diaryl/α,β-unsaturated/α-hetero) is 1. The van der Waals surface area contributed by atoms with E-state index in [-0.39, 0.29) is 16.9 Å². The molecule has 0 amide bonds. The van der Waals surface area contributed by atoms with Crippen LogP contribution in [0, 0.1) is 6.92 Å². The number of ketones is 1. The molecule has 21 heavy (non-hydrogen) atoms. The Balaban J connectivity index is 2.25. The van der Waals surface area contributed by atoms with Gasteiger partial charge in [0.05, 0.1) is 0 Å². The quantitative estimate of drug-likeness (QED) is 0.690. The second kappa shape index (κ2) is 5.45. The molecule has 3 N–H and O–H groups in total. The summed E-state index contributed by atoms with van der Waals surface area (Å²) in [5.74, 6) is -2.90. The number of benzene rings is 1. The second-order valence-electron chi connectivity index (χ2n) is 4.68. The molecule has 0 spiro atoms. The van der Waals surface area contributed by atoms with Gasteiger partial charge < -0.3 is 24.8 Å². The van der Waals surface area contributed by atoms with Crippen LogP contribution < -0.4 is 0 Å². The molecule has 0 radical (unpaired) electrons. The minimum Gasteiger partial charge on any atom is -0.508 e. The second-order valence-corrected chi connectivity index (χ2v) is 4.68. The summed E-state index contributed by atoms with van der Waals surface area (Å²) in [5.41, 5.74) is 0.0887. The average Bonchev–Trinajstić information content (AvgIpc) is 2.38. The number of hydrogen-bond acceptors (Lipinski definition) is 7. The largest absolute Gasteiger partial charge is 0.508 e. The lowest BCUT2D eigenvalue weighted by molar-refractivity contribution is -0.135. The van der Waals surface area contributed by atoms with Gasteiger partial charge in [0.2, 0.25) is 11.5 Å². The molecular weight excluding hydrogens is 280 g/mol. The van der Waals surface area contributed by atoms with Gasteiger partial charge in [0.15, 0.2) is 6.10 Å². The van der Waals surface area contributed by atoms with Gasteiger partial charge in [-0.3, -0.25) is 4.79 Å². The molecule has 1 aliphatic heterocycles. The van der Waals surface area contributed by atoms with Crippen molar-refractivity contribution in [1.82, 2.24) is 0 Å². The summed E-state index contributed by atoms with van der Waals surface area (Å²) in [6.07, 6.45) is -1.21. The first-order chi connectivity index (χ1) is 9.81. The van der Waals surface area contributed by atoms with E-state index in [4.69, 9.17) is 9.47 Å². The Morgan fingerprint density at radius 1 is 1.33 bits per heavy atom. The molecule has 2 unspecified atom stereocenters. The summed E-state index contributed by atoms with van der Waals surface area (Å²) in [4.78, 5) is 23.8. The van der Waals surface area contributed by atoms with Crippen LogP contribution >= 0.6 is 0 Å². The van der Waals surface area contributed by atoms with Crippen molar-refractivity contribution < 1.29 is 34.4 Å². The maximum Gasteiger partial charge on any atom is 0.347 e. The van der Waals surface area contributed by atoms with Crippen LogP contribution in [-0.4, -0.2) is 39.3 Å². The lowest BCUT2D eigenvalue weighted by Crippen LogP contribution is -2.38. The lowest BCUT2D eigenvalue weighted by atomic mass is 10.1. The van der Waals surface area contributed by atoms with Gasteiger partial charge in [0, 0.05) is 6.07 Å². The minimum absolute atomic E-state index is 0.186. The first kappa shape index (κ1) is 14.9. The molecule has 2 atom stereocenters. The van der Waals surface area contributed by atoms with E-state index >= 15 is 0 Å². The number of phenolic OH excluding ortho intramolecular Hbond substituents is 2. The molecule has 0 aliphatic carbocycles. The van der Waals surface area contributed by atoms with E-state index in [1.807, 2.05) is 0 Å². The number of carbonyl (C=O) groups excluding carboxylic acids is 2. The molecule has 112 valence electrons. The monoisotopic (exact) mass is 294 g/mol. The number of aryl methyl sites for hydroxylation is 1. The zero-order valence-electron chi connectivity index (χ0n) is 11.4. The Bertz CT molecular complexity index is 609. The van der Waals surface area contributed by atoms with Crippen molar-refractivity contribution in [3.8, 4) is 11.5 Å². The fourth-order valence-electron chi connectivity index (χ4n) is 1.90. The van der Waals surface area contributed by atoms with Crippen molar-refractivity contribution >= 4 is 11.8 Å². The van der Waals surface area contributed by atoms with Crippen molar-refractivity contribution in [3.05, 3.63) is 35.3 Å². The van der Waals surface area contributed by atoms with E-state index in [0.717, 1.165) is 12.3 Å². The third kappa shape index (κ3) is 2.82. The van der Waals surface area contributed by atoms with Gasteiger partial charge in [-0.2, -0.15) is 0 Å². The van der Waals surface area contributed by atoms with Gasteiger partial charge >= 0.3 is 5.97 Å². The van der Waals surface area contributed by atoms with E-state index in [9.17, 15) is 24.9 Å². The zero-order chi connectivity index (χ0) is 15.7. The third-order valence-corrected chi connectivity index (χ3v) is 3.05. The van der Waals surface area contributed by atoms with Crippen molar-refractivity contribution in [3.63, 3.8) is 0 Å². The molecule has 0 bridgehead atoms. The predicted molar refractivity (Wildman–Crippen MR) is 69.6 cm³/mol. The van der Waals surface area contributed by atoms with E-state index < -0.39 is 35.5 Å². The van der Waals surface area contributed by atoms with E-state index in [0.29, 0.717) is 0 Å². The van der Waals surface area contributed by atoms with Gasteiger partial charge in [-0.25, -0.2) is 4.79 Å². The SMILES string of the molecule is Cc1cc(O)cc(O)c1C(=O)OC1=COC(C)C(O)C1=O. The van der Waals surface area contributed by atoms with E-state index in [1.54, 1.807) is 0 Å². The van der Waals surface area contributed by atoms with Crippen molar-refractivity contribution in [2.24, 2.45) is 0 Å². The van der Waals surface area contributed by atoms with Crippen molar-refractivity contribution in [2.75, 3.05) is 0 Å². The Hall–Kier alpha value is -2.54. The van der Waals surface area contributed by atoms with Gasteiger partial charge in [-0.1, -0.05) is 0 Å². The predicted octanol–water partition coefficient (Wildman–Crippen LogP) is 0.753. The number of hydrogen-bond donors (Lipinski definition) is 3. The Kier molecular flexibility index (Phi) is 3.86. The molecule has 2 rings (SSSR count). The number of aliphatic hydroxyl groups excluding tert-OH is 1. The van der Waals surface area contributed by atoms with Gasteiger partial charge in [0.1, 0.15) is 29.4 Å². The topological polar surface area (TPSA) is 113 Å². The first-order valence-corrected chi connectivity index (χ1v) is 6.14. The standard InChI is InChI=1S/C14H14O7/c1-6-3-8(15)4-9(16)11(6)14(19)21-10-5-20-7(2)12(17)13(10)18/h3-5,7,12,15-17H,1-2H3. The number of carbonyl (C=O) groups is 2. The maximum atomic E-state index is 12.0. The fraction of sp³-hybridized carbons (Fsp3) is 0.286. The molecular formula is C14H14O7. The summed E-state index contributed by atoms with van der Waals surface area (Å²) < 4.78 is 9.83. The number of phenols is 2. The van der Waals surface area contributed by atoms with Crippen LogP contribution in [0.3, 0.4) is 0 Å². The highest BCUT2D eigenvalue weighted by Crippen LogP contribution is 2.28. The van der Waals surface area contributed by atoms with E-state index in [2.05, 4.69) is 0 Å². The molecule has 0 fully saturated rings. The number of aromatic hydroxyl groups is 2. The normalized spacial score (nSPS) is 21.5. The first-order valence-electron chi connectivity index (χ1n) is 6.14. The minimum atomic E-state index is -1.42. The highest BCUT2D eigenvalue weighted by molar-refractivity contribution is 6.02. The lowest BCUT2D eigenvalue weighted by Gasteiger charge is -2.23. The molecule has 1 aromatic carbocycles. The molecule has 0 saturated carbocycles. The Morgan fingerprint density at radius 2 is 2.00 bits per heavy atom. The summed E-state index contributed by atoms with van der Waals surface area (Å²) in [7, 11) is 0. The summed E-state index contributed by atoms with van der Waals surface area (Å²) in [6.45, 7) is 2.98. The average molecular weight is 294 g/mol. The smallest absolute Gasteiger partial charge is 0.347 e. The third-order valence-electron chi connectivity index (χ3n) is 3.05. The summed E-state index contributed by atoms with van der Waals surface area (Å²) in [5, 5.41) is 28.5. The zero-order valence-corrected chi connectivity index (χ0v) is 11.4. The number of ether oxygens (including phenoxy) is 2. The molecule has 0 aromatic heterocycles. The summed E-state index contributed by atoms with van der Waals surface area (Å²) >= 11 is 0. The molecule has 1 heterocycles. The number of esters is 1. The number of aliphatic hydroxyl groups is 1. The highest BCUT2D eigenvalue weighted by atomic mass is 16.6. The molecule has 1 aliphatic rings. The van der Waals surface area contributed by atoms with Gasteiger partial charge in [0.25, 0.3) is 0 Å². The fourth-order valence-corrected chi connectivity index (χ4v) is 1.90. The highest BCUT2D eigenvalue weighted by Gasteiger charge is 2.34. The summed E-state index contributed by atoms with van der Waals surface area (Å²) in [6, 6.07) is 2.24. The van der Waals surface area contributed by atoms with Crippen LogP contribution in [0.4, 0.5) is 0 Å². The molecule has 0 saturated heterocycles. The van der Waals surface area contributed by atoms with E-state index in [1.165, 1.54) is 19.9 Å². The maximum absolute atomic E-state index is 12.0. The van der Waals surface area contributed by atoms with Crippen LogP contribution in [0.25, 0.3) is 0 Å². The van der Waals surface area contributed by atoms with Crippen LogP contribution in [0.15, 0.2) is 24.2 Å². The molecule has 7 nitrogen and oxygen atoms in total. The molecule has 1 aromatic rings. The molecule has 7 heteroatoms. The number of rotatable bonds is 2. The van der Waals surface area contributed by atoms with Gasteiger partial charge in [-0.15, -0.1) is 0 Å². The van der Waals surface area contributed by atoms with Crippen LogP contribution in [0.5, 0.6) is 11.5 Å². The van der Waals surface area contributed by atoms with Gasteiger partial charge in [-0.05, 0) is 25.5 Å². The van der Waals surface area contributed by atoms with Crippen LogP contribution in [0.2, 0.25) is 0 Å². The Morgan fingerprint density at radius 3 is 2.62 bits per heavy atom. The van der Waals surface area contributed by atoms with Crippen LogP contribution in [-0.2, 0) is 14.3 Å². The van der Waals surface area contributed by atoms with Crippen molar-refractivity contribution in [2.45, 2.75) is 26.1 Å². The Labute approximate surface area is 120 Å².